The average molecular weight is 302 g/mol. The molecule has 4 heteroatoms. The predicted octanol–water partition coefficient (Wildman–Crippen LogP) is 3.25. The molecule has 18 heavy (non-hydrogen) atoms. The van der Waals surface area contributed by atoms with Gasteiger partial charge in [-0.05, 0) is 23.8 Å². The molecule has 0 atom stereocenters. The van der Waals surface area contributed by atoms with Crippen molar-refractivity contribution >= 4 is 26.8 Å². The van der Waals surface area contributed by atoms with Crippen LogP contribution in [0.1, 0.15) is 5.56 Å². The maximum Gasteiger partial charge on any atom is 0.0741 e. The van der Waals surface area contributed by atoms with Gasteiger partial charge in [0.05, 0.1) is 17.4 Å². The minimum absolute atomic E-state index is 0.497. The van der Waals surface area contributed by atoms with Gasteiger partial charge >= 0.3 is 0 Å². The van der Waals surface area contributed by atoms with Crippen LogP contribution in [0.5, 0.6) is 0 Å². The summed E-state index contributed by atoms with van der Waals surface area (Å²) in [6, 6.07) is 14.2. The van der Waals surface area contributed by atoms with Crippen LogP contribution >= 0.6 is 15.9 Å². The smallest absolute Gasteiger partial charge is 0.0741 e. The molecule has 0 aliphatic carbocycles. The molecular formula is C14H12BrN3. The molecule has 0 amide bonds. The lowest BCUT2D eigenvalue weighted by Crippen LogP contribution is -2.05. The number of nitrogens with zero attached hydrogens (tertiary/aromatic N) is 2. The fourth-order valence-corrected chi connectivity index (χ4v) is 2.42. The Bertz CT molecular complexity index is 703. The summed E-state index contributed by atoms with van der Waals surface area (Å²) in [6.45, 7) is 0.497. The van der Waals surface area contributed by atoms with Crippen LogP contribution in [0.3, 0.4) is 0 Å². The van der Waals surface area contributed by atoms with Crippen LogP contribution in [0.2, 0.25) is 0 Å². The summed E-state index contributed by atoms with van der Waals surface area (Å²) in [5, 5.41) is 5.58. The monoisotopic (exact) mass is 301 g/mol. The van der Waals surface area contributed by atoms with Crippen molar-refractivity contribution in [3.63, 3.8) is 0 Å². The van der Waals surface area contributed by atoms with Gasteiger partial charge in [-0.3, -0.25) is 0 Å². The topological polar surface area (TPSA) is 43.8 Å². The second-order valence-corrected chi connectivity index (χ2v) is 5.01. The lowest BCUT2D eigenvalue weighted by atomic mass is 10.1. The first-order valence-corrected chi connectivity index (χ1v) is 6.50. The molecule has 2 aromatic carbocycles. The zero-order valence-electron chi connectivity index (χ0n) is 9.68. The van der Waals surface area contributed by atoms with Gasteiger partial charge in [-0.15, -0.1) is 0 Å². The van der Waals surface area contributed by atoms with Crippen molar-refractivity contribution in [2.45, 2.75) is 6.54 Å². The van der Waals surface area contributed by atoms with Crippen molar-refractivity contribution in [2.24, 2.45) is 5.73 Å². The van der Waals surface area contributed by atoms with Crippen molar-refractivity contribution < 1.29 is 0 Å². The summed E-state index contributed by atoms with van der Waals surface area (Å²) in [4.78, 5) is 0. The number of halogens is 1. The van der Waals surface area contributed by atoms with E-state index >= 15 is 0 Å². The van der Waals surface area contributed by atoms with E-state index in [2.05, 4.69) is 33.2 Å². The van der Waals surface area contributed by atoms with Gasteiger partial charge in [0, 0.05) is 16.4 Å². The van der Waals surface area contributed by atoms with E-state index in [4.69, 9.17) is 5.73 Å². The second-order valence-electron chi connectivity index (χ2n) is 4.09. The lowest BCUT2D eigenvalue weighted by molar-refractivity contribution is 0.884. The molecule has 0 radical (unpaired) electrons. The summed E-state index contributed by atoms with van der Waals surface area (Å²) < 4.78 is 2.96. The van der Waals surface area contributed by atoms with Crippen LogP contribution in [0.15, 0.2) is 53.1 Å². The van der Waals surface area contributed by atoms with Crippen molar-refractivity contribution in [1.82, 2.24) is 9.78 Å². The third-order valence-corrected chi connectivity index (χ3v) is 3.47. The van der Waals surface area contributed by atoms with E-state index in [0.29, 0.717) is 6.54 Å². The van der Waals surface area contributed by atoms with Crippen molar-refractivity contribution in [1.29, 1.82) is 0 Å². The Balaban J connectivity index is 2.29. The highest BCUT2D eigenvalue weighted by Crippen LogP contribution is 2.23. The van der Waals surface area contributed by atoms with Crippen LogP contribution in [0, 0.1) is 0 Å². The van der Waals surface area contributed by atoms with Gasteiger partial charge in [0.2, 0.25) is 0 Å². The van der Waals surface area contributed by atoms with E-state index < -0.39 is 0 Å². The normalized spacial score (nSPS) is 11.0. The van der Waals surface area contributed by atoms with Crippen LogP contribution in [-0.4, -0.2) is 9.78 Å². The van der Waals surface area contributed by atoms with Crippen LogP contribution in [-0.2, 0) is 6.54 Å². The van der Waals surface area contributed by atoms with Crippen LogP contribution in [0.4, 0.5) is 0 Å². The lowest BCUT2D eigenvalue weighted by Gasteiger charge is -2.09. The average Bonchev–Trinajstić information content (AvgIpc) is 2.82. The zero-order valence-corrected chi connectivity index (χ0v) is 11.3. The second kappa shape index (κ2) is 4.55. The summed E-state index contributed by atoms with van der Waals surface area (Å²) >= 11 is 3.49. The van der Waals surface area contributed by atoms with E-state index in [1.165, 1.54) is 0 Å². The molecule has 90 valence electrons. The quantitative estimate of drug-likeness (QED) is 0.789. The molecule has 0 fully saturated rings. The van der Waals surface area contributed by atoms with E-state index in [-0.39, 0.29) is 0 Å². The molecule has 0 bridgehead atoms. The summed E-state index contributed by atoms with van der Waals surface area (Å²) in [5.41, 5.74) is 8.98. The third-order valence-electron chi connectivity index (χ3n) is 2.97. The minimum atomic E-state index is 0.497. The van der Waals surface area contributed by atoms with Gasteiger partial charge in [-0.2, -0.15) is 5.10 Å². The molecule has 0 unspecified atom stereocenters. The number of aromatic nitrogens is 2. The highest BCUT2D eigenvalue weighted by molar-refractivity contribution is 9.10. The minimum Gasteiger partial charge on any atom is -0.326 e. The maximum absolute atomic E-state index is 5.79. The van der Waals surface area contributed by atoms with Crippen molar-refractivity contribution in [3.8, 4) is 5.69 Å². The predicted molar refractivity (Wildman–Crippen MR) is 76.7 cm³/mol. The van der Waals surface area contributed by atoms with Gasteiger partial charge in [-0.1, -0.05) is 40.2 Å². The summed E-state index contributed by atoms with van der Waals surface area (Å²) in [5.74, 6) is 0. The van der Waals surface area contributed by atoms with E-state index in [1.807, 2.05) is 41.2 Å². The number of para-hydroxylation sites is 1. The first-order valence-electron chi connectivity index (χ1n) is 5.71. The summed E-state index contributed by atoms with van der Waals surface area (Å²) in [7, 11) is 0. The van der Waals surface area contributed by atoms with Gasteiger partial charge in [-0.25, -0.2) is 4.68 Å². The maximum atomic E-state index is 5.79. The molecule has 1 heterocycles. The molecule has 0 aliphatic heterocycles. The van der Waals surface area contributed by atoms with Gasteiger partial charge in [0.25, 0.3) is 0 Å². The molecule has 2 N–H and O–H groups in total. The van der Waals surface area contributed by atoms with Gasteiger partial charge in [0.1, 0.15) is 0 Å². The van der Waals surface area contributed by atoms with Crippen molar-refractivity contribution in [3.05, 3.63) is 58.7 Å². The zero-order chi connectivity index (χ0) is 12.5. The largest absolute Gasteiger partial charge is 0.326 e. The third kappa shape index (κ3) is 1.83. The Labute approximate surface area is 113 Å². The van der Waals surface area contributed by atoms with Crippen LogP contribution in [0.25, 0.3) is 16.6 Å². The molecule has 0 spiro atoms. The molecule has 0 aliphatic rings. The van der Waals surface area contributed by atoms with E-state index in [0.717, 1.165) is 26.6 Å². The Kier molecular flexibility index (Phi) is 2.89. The Morgan fingerprint density at radius 2 is 2.00 bits per heavy atom. The first kappa shape index (κ1) is 11.4. The molecule has 1 aromatic heterocycles. The Morgan fingerprint density at radius 1 is 1.17 bits per heavy atom. The fourth-order valence-electron chi connectivity index (χ4n) is 2.07. The number of nitrogens with two attached hydrogens (primary N) is 1. The molecular weight excluding hydrogens is 290 g/mol. The van der Waals surface area contributed by atoms with Crippen molar-refractivity contribution in [2.75, 3.05) is 0 Å². The Morgan fingerprint density at radius 3 is 2.83 bits per heavy atom. The SMILES string of the molecule is NCc1ccc(Br)cc1-n1ncc2ccccc21. The number of benzene rings is 2. The molecule has 0 saturated carbocycles. The standard InChI is InChI=1S/C14H12BrN3/c15-12-6-5-10(8-16)14(7-12)18-13-4-2-1-3-11(13)9-17-18/h1-7,9H,8,16H2. The Hall–Kier alpha value is -1.65. The van der Waals surface area contributed by atoms with Gasteiger partial charge in [0.15, 0.2) is 0 Å². The summed E-state index contributed by atoms with van der Waals surface area (Å²) in [6.07, 6.45) is 1.87. The number of fused-ring (bicyclic) bond motifs is 1. The molecule has 3 rings (SSSR count). The van der Waals surface area contributed by atoms with E-state index in [1.54, 1.807) is 0 Å². The molecule has 0 saturated heterocycles. The number of hydrogen-bond acceptors (Lipinski definition) is 2. The fraction of sp³-hybridized carbons (Fsp3) is 0.0714. The molecule has 3 nitrogen and oxygen atoms in total. The molecule has 3 aromatic rings. The number of rotatable bonds is 2. The van der Waals surface area contributed by atoms with Crippen LogP contribution < -0.4 is 5.73 Å². The van der Waals surface area contributed by atoms with E-state index in [9.17, 15) is 0 Å². The first-order chi connectivity index (χ1) is 8.79. The van der Waals surface area contributed by atoms with Gasteiger partial charge < -0.3 is 5.73 Å². The highest BCUT2D eigenvalue weighted by Gasteiger charge is 2.08. The highest BCUT2D eigenvalue weighted by atomic mass is 79.9. The number of hydrogen-bond donors (Lipinski definition) is 1.